The Morgan fingerprint density at radius 2 is 1.29 bits per heavy atom. The average Bonchev–Trinajstić information content (AvgIpc) is 2.72. The van der Waals surface area contributed by atoms with Gasteiger partial charge in [-0.2, -0.15) is 0 Å². The van der Waals surface area contributed by atoms with E-state index in [-0.39, 0.29) is 0 Å². The van der Waals surface area contributed by atoms with Crippen LogP contribution in [0.1, 0.15) is 83.5 Å². The molecule has 1 radical (unpaired) electrons. The van der Waals surface area contributed by atoms with E-state index in [1.54, 1.807) is 32.1 Å². The summed E-state index contributed by atoms with van der Waals surface area (Å²) in [6.45, 7) is 0. The van der Waals surface area contributed by atoms with Crippen molar-refractivity contribution in [1.29, 1.82) is 0 Å². The summed E-state index contributed by atoms with van der Waals surface area (Å²) >= 11 is 0. The molecule has 97 valence electrons. The standard InChI is InChI=1S/C17H29/c1-3-8-14-10-7-11-15-9-4-2-6-13-17(15)16(14)12-5-1/h14-16H,1-13H2. The Morgan fingerprint density at radius 1 is 0.588 bits per heavy atom. The lowest BCUT2D eigenvalue weighted by Gasteiger charge is -2.33. The van der Waals surface area contributed by atoms with E-state index in [4.69, 9.17) is 0 Å². The van der Waals surface area contributed by atoms with Crippen molar-refractivity contribution in [3.63, 3.8) is 0 Å². The van der Waals surface area contributed by atoms with E-state index in [2.05, 4.69) is 5.92 Å². The van der Waals surface area contributed by atoms with Crippen LogP contribution in [0, 0.1) is 23.7 Å². The summed E-state index contributed by atoms with van der Waals surface area (Å²) in [5.74, 6) is 5.26. The maximum atomic E-state index is 2.06. The minimum Gasteiger partial charge on any atom is -0.0533 e. The molecule has 3 unspecified atom stereocenters. The predicted octanol–water partition coefficient (Wildman–Crippen LogP) is 5.52. The highest BCUT2D eigenvalue weighted by Crippen LogP contribution is 2.49. The lowest BCUT2D eigenvalue weighted by atomic mass is 9.72. The zero-order chi connectivity index (χ0) is 11.5. The lowest BCUT2D eigenvalue weighted by molar-refractivity contribution is 0.290. The first-order valence-electron chi connectivity index (χ1n) is 8.31. The molecule has 0 aromatic carbocycles. The van der Waals surface area contributed by atoms with Crippen LogP contribution in [0.5, 0.6) is 0 Å². The molecule has 0 N–H and O–H groups in total. The van der Waals surface area contributed by atoms with Crippen LogP contribution in [-0.2, 0) is 0 Å². The quantitative estimate of drug-likeness (QED) is 0.516. The fourth-order valence-corrected chi connectivity index (χ4v) is 4.95. The Morgan fingerprint density at radius 3 is 2.29 bits per heavy atom. The minimum atomic E-state index is 1.05. The van der Waals surface area contributed by atoms with Crippen molar-refractivity contribution in [3.8, 4) is 0 Å². The fourth-order valence-electron chi connectivity index (χ4n) is 4.95. The van der Waals surface area contributed by atoms with Gasteiger partial charge in [0.15, 0.2) is 0 Å². The Balaban J connectivity index is 1.78. The van der Waals surface area contributed by atoms with Gasteiger partial charge in [-0.05, 0) is 49.4 Å². The molecule has 0 spiro atoms. The summed E-state index contributed by atoms with van der Waals surface area (Å²) in [6.07, 6.45) is 19.9. The molecule has 3 aliphatic carbocycles. The van der Waals surface area contributed by atoms with E-state index >= 15 is 0 Å². The normalized spacial score (nSPS) is 40.6. The van der Waals surface area contributed by atoms with Crippen molar-refractivity contribution in [2.75, 3.05) is 0 Å². The molecule has 3 fully saturated rings. The highest BCUT2D eigenvalue weighted by Gasteiger charge is 2.37. The largest absolute Gasteiger partial charge is 0.0533 e. The molecule has 3 saturated carbocycles. The molecular weight excluding hydrogens is 204 g/mol. The zero-order valence-corrected chi connectivity index (χ0v) is 11.4. The van der Waals surface area contributed by atoms with Gasteiger partial charge in [0, 0.05) is 0 Å². The van der Waals surface area contributed by atoms with Crippen LogP contribution >= 0.6 is 0 Å². The molecule has 0 bridgehead atoms. The van der Waals surface area contributed by atoms with Gasteiger partial charge >= 0.3 is 0 Å². The van der Waals surface area contributed by atoms with Gasteiger partial charge < -0.3 is 0 Å². The van der Waals surface area contributed by atoms with Crippen molar-refractivity contribution < 1.29 is 0 Å². The molecule has 17 heavy (non-hydrogen) atoms. The van der Waals surface area contributed by atoms with Gasteiger partial charge in [0.05, 0.1) is 0 Å². The van der Waals surface area contributed by atoms with E-state index in [1.165, 1.54) is 51.4 Å². The molecule has 0 nitrogen and oxygen atoms in total. The van der Waals surface area contributed by atoms with E-state index in [0.29, 0.717) is 0 Å². The van der Waals surface area contributed by atoms with Gasteiger partial charge in [-0.25, -0.2) is 0 Å². The van der Waals surface area contributed by atoms with E-state index in [0.717, 1.165) is 17.8 Å². The Hall–Kier alpha value is 0. The van der Waals surface area contributed by atoms with E-state index < -0.39 is 0 Å². The highest BCUT2D eigenvalue weighted by molar-refractivity contribution is 5.07. The summed E-state index contributed by atoms with van der Waals surface area (Å²) in [7, 11) is 0. The molecule has 0 amide bonds. The van der Waals surface area contributed by atoms with Crippen LogP contribution in [0.25, 0.3) is 0 Å². The third-order valence-corrected chi connectivity index (χ3v) is 5.81. The average molecular weight is 233 g/mol. The molecule has 0 aliphatic heterocycles. The molecular formula is C17H29. The smallest absolute Gasteiger partial charge is 0.0176 e. The second-order valence-corrected chi connectivity index (χ2v) is 6.81. The maximum absolute atomic E-state index is 2.06. The minimum absolute atomic E-state index is 1.05. The Kier molecular flexibility index (Phi) is 4.08. The van der Waals surface area contributed by atoms with Crippen molar-refractivity contribution in [2.24, 2.45) is 17.8 Å². The van der Waals surface area contributed by atoms with Gasteiger partial charge in [0.25, 0.3) is 0 Å². The number of rotatable bonds is 0. The second-order valence-electron chi connectivity index (χ2n) is 6.81. The Bertz CT molecular complexity index is 208. The van der Waals surface area contributed by atoms with Crippen LogP contribution in [0.2, 0.25) is 0 Å². The van der Waals surface area contributed by atoms with Crippen molar-refractivity contribution in [2.45, 2.75) is 83.5 Å². The summed E-state index contributed by atoms with van der Waals surface area (Å²) in [5.41, 5.74) is 0. The molecule has 0 heteroatoms. The number of hydrogen-bond donors (Lipinski definition) is 0. The summed E-state index contributed by atoms with van der Waals surface area (Å²) < 4.78 is 0. The van der Waals surface area contributed by atoms with E-state index in [9.17, 15) is 0 Å². The first-order chi connectivity index (χ1) is 8.45. The van der Waals surface area contributed by atoms with Gasteiger partial charge in [-0.1, -0.05) is 57.8 Å². The van der Waals surface area contributed by atoms with Gasteiger partial charge in [-0.3, -0.25) is 0 Å². The molecule has 0 heterocycles. The van der Waals surface area contributed by atoms with Crippen molar-refractivity contribution >= 4 is 0 Å². The molecule has 0 saturated heterocycles. The van der Waals surface area contributed by atoms with Crippen LogP contribution in [0.3, 0.4) is 0 Å². The SMILES string of the molecule is C1CC[C]2C(CC1)CCCC1CCCCCC21. The summed E-state index contributed by atoms with van der Waals surface area (Å²) in [4.78, 5) is 0. The van der Waals surface area contributed by atoms with Gasteiger partial charge in [0.2, 0.25) is 0 Å². The second kappa shape index (κ2) is 5.76. The van der Waals surface area contributed by atoms with Gasteiger partial charge in [0.1, 0.15) is 0 Å². The zero-order valence-electron chi connectivity index (χ0n) is 11.4. The molecule has 3 aliphatic rings. The topological polar surface area (TPSA) is 0 Å². The van der Waals surface area contributed by atoms with Crippen molar-refractivity contribution in [1.82, 2.24) is 0 Å². The third kappa shape index (κ3) is 2.71. The van der Waals surface area contributed by atoms with E-state index in [1.807, 2.05) is 0 Å². The lowest BCUT2D eigenvalue weighted by Crippen LogP contribution is -2.24. The van der Waals surface area contributed by atoms with Crippen LogP contribution in [0.15, 0.2) is 0 Å². The highest BCUT2D eigenvalue weighted by atomic mass is 14.4. The summed E-state index contributed by atoms with van der Waals surface area (Å²) in [6, 6.07) is 0. The first-order valence-corrected chi connectivity index (χ1v) is 8.31. The maximum Gasteiger partial charge on any atom is -0.0176 e. The predicted molar refractivity (Wildman–Crippen MR) is 73.7 cm³/mol. The molecule has 0 aromatic heterocycles. The number of hydrogen-bond acceptors (Lipinski definition) is 0. The first kappa shape index (κ1) is 12.1. The van der Waals surface area contributed by atoms with Crippen LogP contribution in [-0.4, -0.2) is 0 Å². The van der Waals surface area contributed by atoms with Crippen LogP contribution < -0.4 is 0 Å². The van der Waals surface area contributed by atoms with Crippen LogP contribution in [0.4, 0.5) is 0 Å². The third-order valence-electron chi connectivity index (χ3n) is 5.81. The molecule has 0 aromatic rings. The monoisotopic (exact) mass is 233 g/mol. The van der Waals surface area contributed by atoms with Crippen molar-refractivity contribution in [3.05, 3.63) is 5.92 Å². The fraction of sp³-hybridized carbons (Fsp3) is 0.941. The number of fused-ring (bicyclic) bond motifs is 3. The summed E-state index contributed by atoms with van der Waals surface area (Å²) in [5, 5.41) is 0. The molecule has 3 rings (SSSR count). The Labute approximate surface area is 108 Å². The van der Waals surface area contributed by atoms with Gasteiger partial charge in [-0.15, -0.1) is 0 Å². The molecule has 3 atom stereocenters.